The van der Waals surface area contributed by atoms with E-state index >= 15 is 0 Å². The number of pyridine rings is 1. The summed E-state index contributed by atoms with van der Waals surface area (Å²) in [5.74, 6) is -0.106. The van der Waals surface area contributed by atoms with Gasteiger partial charge in [0.05, 0.1) is 31.6 Å². The second-order valence-corrected chi connectivity index (χ2v) is 8.02. The predicted molar refractivity (Wildman–Crippen MR) is 122 cm³/mol. The van der Waals surface area contributed by atoms with Crippen molar-refractivity contribution in [1.29, 1.82) is 0 Å². The molecule has 0 unspecified atom stereocenters. The SMILES string of the molecule is COn1c(=O)c(-c2c(Cl)cccc2Cl)cc2c(N)nc(-c3ccc(C(F)(F)F)c(Cl)c3)nc21. The van der Waals surface area contributed by atoms with E-state index in [2.05, 4.69) is 9.97 Å². The number of hydrogen-bond donors (Lipinski definition) is 1. The molecule has 170 valence electrons. The van der Waals surface area contributed by atoms with Crippen LogP contribution in [0.2, 0.25) is 15.1 Å². The maximum Gasteiger partial charge on any atom is 0.417 e. The van der Waals surface area contributed by atoms with Crippen LogP contribution in [0.5, 0.6) is 0 Å². The van der Waals surface area contributed by atoms with Gasteiger partial charge in [0.2, 0.25) is 0 Å². The largest absolute Gasteiger partial charge is 0.417 e. The van der Waals surface area contributed by atoms with Crippen LogP contribution >= 0.6 is 34.8 Å². The third kappa shape index (κ3) is 4.07. The average Bonchev–Trinajstić information content (AvgIpc) is 2.73. The molecule has 2 heterocycles. The smallest absolute Gasteiger partial charge is 0.412 e. The fourth-order valence-corrected chi connectivity index (χ4v) is 4.18. The number of hydrogen-bond acceptors (Lipinski definition) is 5. The number of nitrogens with two attached hydrogens (primary N) is 1. The van der Waals surface area contributed by atoms with E-state index in [4.69, 9.17) is 45.4 Å². The summed E-state index contributed by atoms with van der Waals surface area (Å²) in [6, 6.07) is 9.23. The van der Waals surface area contributed by atoms with Gasteiger partial charge in [0.25, 0.3) is 5.56 Å². The molecular weight excluding hydrogens is 504 g/mol. The van der Waals surface area contributed by atoms with Crippen molar-refractivity contribution in [3.05, 3.63) is 73.4 Å². The van der Waals surface area contributed by atoms with Crippen molar-refractivity contribution in [3.8, 4) is 22.5 Å². The molecule has 4 rings (SSSR count). The molecule has 12 heteroatoms. The quantitative estimate of drug-likeness (QED) is 0.376. The number of anilines is 1. The minimum Gasteiger partial charge on any atom is -0.412 e. The van der Waals surface area contributed by atoms with Crippen LogP contribution in [-0.4, -0.2) is 21.8 Å². The Morgan fingerprint density at radius 2 is 1.67 bits per heavy atom. The lowest BCUT2D eigenvalue weighted by Crippen LogP contribution is -2.27. The average molecular weight is 516 g/mol. The van der Waals surface area contributed by atoms with Gasteiger partial charge in [0.15, 0.2) is 11.5 Å². The number of halogens is 6. The molecule has 0 saturated heterocycles. The Morgan fingerprint density at radius 1 is 1.00 bits per heavy atom. The van der Waals surface area contributed by atoms with E-state index in [0.29, 0.717) is 0 Å². The monoisotopic (exact) mass is 514 g/mol. The van der Waals surface area contributed by atoms with Crippen molar-refractivity contribution in [2.45, 2.75) is 6.18 Å². The van der Waals surface area contributed by atoms with Crippen LogP contribution in [0.15, 0.2) is 47.3 Å². The highest BCUT2D eigenvalue weighted by Crippen LogP contribution is 2.37. The third-order valence-electron chi connectivity index (χ3n) is 4.80. The topological polar surface area (TPSA) is 83.0 Å². The zero-order valence-electron chi connectivity index (χ0n) is 16.5. The lowest BCUT2D eigenvalue weighted by Gasteiger charge is -2.14. The van der Waals surface area contributed by atoms with Crippen molar-refractivity contribution in [3.63, 3.8) is 0 Å². The molecule has 4 aromatic rings. The second-order valence-electron chi connectivity index (χ2n) is 6.80. The molecule has 0 aliphatic heterocycles. The fraction of sp³-hybridized carbons (Fsp3) is 0.0952. The van der Waals surface area contributed by atoms with Gasteiger partial charge in [0, 0.05) is 11.1 Å². The van der Waals surface area contributed by atoms with E-state index < -0.39 is 22.3 Å². The van der Waals surface area contributed by atoms with Gasteiger partial charge in [-0.2, -0.15) is 13.2 Å². The van der Waals surface area contributed by atoms with Crippen LogP contribution < -0.4 is 16.1 Å². The van der Waals surface area contributed by atoms with E-state index in [-0.39, 0.29) is 49.4 Å². The molecule has 0 aliphatic carbocycles. The highest BCUT2D eigenvalue weighted by Gasteiger charge is 2.33. The maximum atomic E-state index is 13.2. The molecule has 2 N–H and O–H groups in total. The predicted octanol–water partition coefficient (Wildman–Crippen LogP) is 5.75. The van der Waals surface area contributed by atoms with Crippen molar-refractivity contribution in [2.24, 2.45) is 0 Å². The molecule has 0 radical (unpaired) electrons. The molecule has 0 bridgehead atoms. The summed E-state index contributed by atoms with van der Waals surface area (Å²) < 4.78 is 39.9. The van der Waals surface area contributed by atoms with Crippen molar-refractivity contribution in [1.82, 2.24) is 14.7 Å². The molecule has 2 aromatic carbocycles. The van der Waals surface area contributed by atoms with Gasteiger partial charge in [0.1, 0.15) is 12.9 Å². The molecule has 0 saturated carbocycles. The first-order valence-corrected chi connectivity index (χ1v) is 10.3. The number of nitrogen functional groups attached to an aromatic ring is 1. The van der Waals surface area contributed by atoms with E-state index in [9.17, 15) is 18.0 Å². The Bertz CT molecular complexity index is 1450. The number of alkyl halides is 3. The van der Waals surface area contributed by atoms with E-state index in [1.165, 1.54) is 13.2 Å². The summed E-state index contributed by atoms with van der Waals surface area (Å²) in [5, 5.41) is 0.175. The molecular formula is C21H12Cl3F3N4O2. The van der Waals surface area contributed by atoms with Gasteiger partial charge in [-0.25, -0.2) is 9.97 Å². The Morgan fingerprint density at radius 3 is 2.24 bits per heavy atom. The first-order valence-electron chi connectivity index (χ1n) is 9.12. The highest BCUT2D eigenvalue weighted by atomic mass is 35.5. The number of fused-ring (bicyclic) bond motifs is 1. The van der Waals surface area contributed by atoms with Crippen molar-refractivity contribution < 1.29 is 18.0 Å². The van der Waals surface area contributed by atoms with E-state index in [0.717, 1.165) is 22.9 Å². The number of rotatable bonds is 3. The summed E-state index contributed by atoms with van der Waals surface area (Å²) in [6.45, 7) is 0. The summed E-state index contributed by atoms with van der Waals surface area (Å²) in [4.78, 5) is 26.9. The number of benzene rings is 2. The lowest BCUT2D eigenvalue weighted by atomic mass is 10.1. The molecule has 0 spiro atoms. The van der Waals surface area contributed by atoms with Crippen LogP contribution in [0.25, 0.3) is 33.5 Å². The van der Waals surface area contributed by atoms with Crippen LogP contribution in [0, 0.1) is 0 Å². The van der Waals surface area contributed by atoms with Gasteiger partial charge in [-0.15, -0.1) is 4.73 Å². The van der Waals surface area contributed by atoms with Crippen molar-refractivity contribution >= 4 is 51.7 Å². The minimum atomic E-state index is -4.62. The Kier molecular flexibility index (Phi) is 5.90. The fourth-order valence-electron chi connectivity index (χ4n) is 3.30. The molecule has 6 nitrogen and oxygen atoms in total. The summed E-state index contributed by atoms with van der Waals surface area (Å²) in [7, 11) is 1.24. The second kappa shape index (κ2) is 8.40. The standard InChI is InChI=1S/C21H12Cl3F3N4O2/c1-33-31-19-11(8-10(20(31)32)16-13(22)3-2-4-14(16)23)17(28)29-18(30-19)9-5-6-12(15(24)7-9)21(25,26)27/h2-8H,1H3,(H2,28,29,30). The number of nitrogens with zero attached hydrogens (tertiary/aromatic N) is 3. The third-order valence-corrected chi connectivity index (χ3v) is 5.74. The lowest BCUT2D eigenvalue weighted by molar-refractivity contribution is -0.137. The first-order chi connectivity index (χ1) is 15.5. The highest BCUT2D eigenvalue weighted by molar-refractivity contribution is 6.39. The summed E-state index contributed by atoms with van der Waals surface area (Å²) in [5.41, 5.74) is 5.02. The number of aromatic nitrogens is 3. The van der Waals surface area contributed by atoms with Crippen LogP contribution in [0.3, 0.4) is 0 Å². The van der Waals surface area contributed by atoms with Crippen LogP contribution in [0.1, 0.15) is 5.56 Å². The van der Waals surface area contributed by atoms with E-state index in [1.807, 2.05) is 0 Å². The Hall–Kier alpha value is -3.01. The summed E-state index contributed by atoms with van der Waals surface area (Å²) in [6.07, 6.45) is -4.62. The molecule has 0 amide bonds. The Balaban J connectivity index is 1.97. The zero-order valence-corrected chi connectivity index (χ0v) is 18.8. The summed E-state index contributed by atoms with van der Waals surface area (Å²) >= 11 is 18.3. The maximum absolute atomic E-state index is 13.2. The minimum absolute atomic E-state index is 0.00653. The normalized spacial score (nSPS) is 11.7. The van der Waals surface area contributed by atoms with Gasteiger partial charge < -0.3 is 10.6 Å². The molecule has 0 atom stereocenters. The molecule has 0 fully saturated rings. The zero-order chi connectivity index (χ0) is 24.1. The van der Waals surface area contributed by atoms with Crippen LogP contribution in [0.4, 0.5) is 19.0 Å². The Labute approximate surface area is 199 Å². The van der Waals surface area contributed by atoms with Gasteiger partial charge in [-0.05, 0) is 30.3 Å². The first kappa shape index (κ1) is 23.2. The van der Waals surface area contributed by atoms with Crippen LogP contribution in [-0.2, 0) is 6.18 Å². The van der Waals surface area contributed by atoms with Crippen molar-refractivity contribution in [2.75, 3.05) is 12.8 Å². The molecule has 2 aromatic heterocycles. The van der Waals surface area contributed by atoms with E-state index in [1.54, 1.807) is 18.2 Å². The molecule has 33 heavy (non-hydrogen) atoms. The van der Waals surface area contributed by atoms with Gasteiger partial charge in [-0.1, -0.05) is 46.9 Å². The van der Waals surface area contributed by atoms with Gasteiger partial charge in [-0.3, -0.25) is 4.79 Å². The molecule has 0 aliphatic rings. The van der Waals surface area contributed by atoms with Gasteiger partial charge >= 0.3 is 6.18 Å².